The summed E-state index contributed by atoms with van der Waals surface area (Å²) in [6, 6.07) is 0. The summed E-state index contributed by atoms with van der Waals surface area (Å²) >= 11 is -1.79. The SMILES string of the molecule is O.O.O.[Cl][Au]([Cl])[Cl]. The van der Waals surface area contributed by atoms with Crippen molar-refractivity contribution < 1.29 is 31.6 Å². The molecular formula is H6AuCl3O3. The molecule has 7 heavy (non-hydrogen) atoms. The van der Waals surface area contributed by atoms with Gasteiger partial charge in [0.1, 0.15) is 0 Å². The van der Waals surface area contributed by atoms with E-state index in [1.165, 1.54) is 0 Å². The molecule has 0 aliphatic rings. The van der Waals surface area contributed by atoms with Gasteiger partial charge in [-0.05, 0) is 0 Å². The van der Waals surface area contributed by atoms with Crippen molar-refractivity contribution in [2.24, 2.45) is 0 Å². The second-order valence-electron chi connectivity index (χ2n) is 0.129. The fraction of sp³-hybridized carbons (Fsp3) is 0. The quantitative estimate of drug-likeness (QED) is 0.527. The number of rotatable bonds is 0. The van der Waals surface area contributed by atoms with Crippen LogP contribution in [0.3, 0.4) is 0 Å². The summed E-state index contributed by atoms with van der Waals surface area (Å²) in [6.45, 7) is 0. The molecule has 3 nitrogen and oxygen atoms in total. The molecule has 0 amide bonds. The van der Waals surface area contributed by atoms with E-state index in [4.69, 9.17) is 27.6 Å². The molecule has 0 saturated carbocycles. The predicted molar refractivity (Wildman–Crippen MR) is 28.4 cm³/mol. The third kappa shape index (κ3) is 102. The second-order valence-corrected chi connectivity index (χ2v) is 9.52. The van der Waals surface area contributed by atoms with Crippen LogP contribution in [0, 0.1) is 0 Å². The first-order valence-electron chi connectivity index (χ1n) is 0.342. The van der Waals surface area contributed by atoms with Crippen LogP contribution in [0.5, 0.6) is 0 Å². The average molecular weight is 357 g/mol. The van der Waals surface area contributed by atoms with Crippen LogP contribution in [0.4, 0.5) is 0 Å². The molecule has 7 heteroatoms. The fourth-order valence-corrected chi connectivity index (χ4v) is 0. The molecule has 0 atom stereocenters. The van der Waals surface area contributed by atoms with Crippen LogP contribution in [0.2, 0.25) is 0 Å². The Bertz CT molecular complexity index is 14.9. The molecular weight excluding hydrogens is 351 g/mol. The van der Waals surface area contributed by atoms with E-state index in [2.05, 4.69) is 0 Å². The van der Waals surface area contributed by atoms with Crippen molar-refractivity contribution in [3.63, 3.8) is 0 Å². The fourth-order valence-electron chi connectivity index (χ4n) is 0. The first-order valence-corrected chi connectivity index (χ1v) is 8.40. The van der Waals surface area contributed by atoms with Crippen molar-refractivity contribution in [1.29, 1.82) is 0 Å². The zero-order valence-corrected chi connectivity index (χ0v) is 7.37. The van der Waals surface area contributed by atoms with Crippen LogP contribution in [-0.2, 0) is 15.2 Å². The Morgan fingerprint density at radius 1 is 0.714 bits per heavy atom. The molecule has 0 aromatic heterocycles. The van der Waals surface area contributed by atoms with Crippen molar-refractivity contribution in [3.8, 4) is 0 Å². The number of hydrogen-bond acceptors (Lipinski definition) is 0. The Hall–Kier alpha value is 1.49. The van der Waals surface area contributed by atoms with Crippen molar-refractivity contribution in [2.75, 3.05) is 0 Å². The van der Waals surface area contributed by atoms with E-state index in [0.717, 1.165) is 0 Å². The summed E-state index contributed by atoms with van der Waals surface area (Å²) in [6.07, 6.45) is 0. The van der Waals surface area contributed by atoms with Gasteiger partial charge in [0, 0.05) is 0 Å². The summed E-state index contributed by atoms with van der Waals surface area (Å²) in [7, 11) is 14.9. The van der Waals surface area contributed by atoms with Gasteiger partial charge >= 0.3 is 42.8 Å². The van der Waals surface area contributed by atoms with E-state index in [0.29, 0.717) is 0 Å². The van der Waals surface area contributed by atoms with Crippen LogP contribution in [0.1, 0.15) is 0 Å². The molecule has 0 radical (unpaired) electrons. The predicted octanol–water partition coefficient (Wildman–Crippen LogP) is -0.408. The van der Waals surface area contributed by atoms with Crippen molar-refractivity contribution in [1.82, 2.24) is 0 Å². The molecule has 6 N–H and O–H groups in total. The minimum absolute atomic E-state index is 0. The van der Waals surface area contributed by atoms with Gasteiger partial charge in [-0.2, -0.15) is 0 Å². The Kier molecular flexibility index (Phi) is 52.8. The van der Waals surface area contributed by atoms with Crippen LogP contribution >= 0.6 is 27.6 Å². The van der Waals surface area contributed by atoms with E-state index in [-0.39, 0.29) is 16.4 Å². The van der Waals surface area contributed by atoms with Crippen LogP contribution in [0.15, 0.2) is 0 Å². The van der Waals surface area contributed by atoms with Crippen LogP contribution < -0.4 is 0 Å². The van der Waals surface area contributed by atoms with Gasteiger partial charge in [0.05, 0.1) is 0 Å². The summed E-state index contributed by atoms with van der Waals surface area (Å²) in [5.74, 6) is 0. The molecule has 0 rings (SSSR count). The first-order chi connectivity index (χ1) is 1.73. The summed E-state index contributed by atoms with van der Waals surface area (Å²) in [5.41, 5.74) is 0. The topological polar surface area (TPSA) is 94.5 Å². The Labute approximate surface area is 59.1 Å². The van der Waals surface area contributed by atoms with Crippen molar-refractivity contribution >= 4 is 27.6 Å². The van der Waals surface area contributed by atoms with E-state index in [1.807, 2.05) is 0 Å². The molecule has 0 bridgehead atoms. The molecule has 0 aromatic rings. The van der Waals surface area contributed by atoms with E-state index in [1.54, 1.807) is 0 Å². The molecule has 0 unspecified atom stereocenters. The summed E-state index contributed by atoms with van der Waals surface area (Å²) < 4.78 is 0. The number of halogens is 3. The van der Waals surface area contributed by atoms with Gasteiger partial charge < -0.3 is 16.4 Å². The van der Waals surface area contributed by atoms with E-state index >= 15 is 0 Å². The van der Waals surface area contributed by atoms with Crippen molar-refractivity contribution in [3.05, 3.63) is 0 Å². The van der Waals surface area contributed by atoms with Gasteiger partial charge in [0.15, 0.2) is 0 Å². The molecule has 0 fully saturated rings. The Morgan fingerprint density at radius 3 is 0.714 bits per heavy atom. The number of hydrogen-bond donors (Lipinski definition) is 0. The zero-order chi connectivity index (χ0) is 3.58. The molecule has 0 aromatic carbocycles. The average Bonchev–Trinajstić information content (AvgIpc) is 0.811. The van der Waals surface area contributed by atoms with Gasteiger partial charge in [-0.25, -0.2) is 0 Å². The normalized spacial score (nSPS) is 6.43. The Balaban J connectivity index is -0.0000000150. The van der Waals surface area contributed by atoms with Gasteiger partial charge in [-0.1, -0.05) is 0 Å². The standard InChI is InChI=1S/Au.3ClH.3H2O/h;3*1H;3*1H2/q+3;;;;;;/p-3. The monoisotopic (exact) mass is 356 g/mol. The second kappa shape index (κ2) is 15.6. The maximum absolute atomic E-state index is 4.95. The molecule has 0 aliphatic heterocycles. The van der Waals surface area contributed by atoms with Crippen molar-refractivity contribution in [2.45, 2.75) is 0 Å². The zero-order valence-electron chi connectivity index (χ0n) is 2.94. The maximum atomic E-state index is 4.95. The molecule has 0 saturated heterocycles. The summed E-state index contributed by atoms with van der Waals surface area (Å²) in [5, 5.41) is 0. The van der Waals surface area contributed by atoms with Crippen LogP contribution in [-0.4, -0.2) is 16.4 Å². The Morgan fingerprint density at radius 2 is 0.714 bits per heavy atom. The van der Waals surface area contributed by atoms with Gasteiger partial charge in [0.25, 0.3) is 0 Å². The van der Waals surface area contributed by atoms with Gasteiger partial charge in [-0.3, -0.25) is 0 Å². The third-order valence-corrected chi connectivity index (χ3v) is 0. The minimum atomic E-state index is -1.79. The molecule has 56 valence electrons. The van der Waals surface area contributed by atoms with E-state index in [9.17, 15) is 0 Å². The molecule has 0 aliphatic carbocycles. The molecule has 0 heterocycles. The molecule has 0 spiro atoms. The van der Waals surface area contributed by atoms with E-state index < -0.39 is 15.2 Å². The third-order valence-electron chi connectivity index (χ3n) is 0. The summed E-state index contributed by atoms with van der Waals surface area (Å²) in [4.78, 5) is 0. The first kappa shape index (κ1) is 23.6. The van der Waals surface area contributed by atoms with Gasteiger partial charge in [-0.15, -0.1) is 0 Å². The van der Waals surface area contributed by atoms with Crippen LogP contribution in [0.25, 0.3) is 0 Å². The van der Waals surface area contributed by atoms with Gasteiger partial charge in [0.2, 0.25) is 0 Å².